The van der Waals surface area contributed by atoms with Crippen LogP contribution in [0, 0.1) is 0 Å². The van der Waals surface area contributed by atoms with E-state index in [1.54, 1.807) is 0 Å². The van der Waals surface area contributed by atoms with E-state index in [0.717, 1.165) is 36.2 Å². The molecule has 1 unspecified atom stereocenters. The predicted molar refractivity (Wildman–Crippen MR) is 83.1 cm³/mol. The number of halogens is 1. The van der Waals surface area contributed by atoms with Crippen molar-refractivity contribution in [2.75, 3.05) is 6.61 Å². The molecule has 2 aromatic carbocycles. The van der Waals surface area contributed by atoms with Gasteiger partial charge in [-0.25, -0.2) is 0 Å². The lowest BCUT2D eigenvalue weighted by Crippen LogP contribution is -2.15. The van der Waals surface area contributed by atoms with Crippen LogP contribution < -0.4 is 10.1 Å². The van der Waals surface area contributed by atoms with Crippen LogP contribution in [0.15, 0.2) is 40.9 Å². The molecule has 0 bridgehead atoms. The fraction of sp³-hybridized carbons (Fsp3) is 0.294. The van der Waals surface area contributed by atoms with Crippen LogP contribution in [0.3, 0.4) is 0 Å². The lowest BCUT2D eigenvalue weighted by Gasteiger charge is -2.15. The van der Waals surface area contributed by atoms with Crippen LogP contribution in [0.25, 0.3) is 0 Å². The van der Waals surface area contributed by atoms with E-state index in [4.69, 9.17) is 4.74 Å². The van der Waals surface area contributed by atoms with Gasteiger partial charge >= 0.3 is 0 Å². The Morgan fingerprint density at radius 2 is 2.10 bits per heavy atom. The van der Waals surface area contributed by atoms with E-state index >= 15 is 0 Å². The van der Waals surface area contributed by atoms with Gasteiger partial charge in [0.2, 0.25) is 0 Å². The minimum absolute atomic E-state index is 0.397. The maximum Gasteiger partial charge on any atom is 0.125 e. The van der Waals surface area contributed by atoms with E-state index in [9.17, 15) is 0 Å². The number of fused-ring (bicyclic) bond motifs is 2. The van der Waals surface area contributed by atoms with Crippen LogP contribution in [-0.4, -0.2) is 6.61 Å². The number of hydrogen-bond acceptors (Lipinski definition) is 2. The van der Waals surface area contributed by atoms with Gasteiger partial charge in [-0.2, -0.15) is 0 Å². The maximum atomic E-state index is 5.83. The van der Waals surface area contributed by atoms with Crippen LogP contribution in [0.5, 0.6) is 5.75 Å². The molecule has 102 valence electrons. The highest BCUT2D eigenvalue weighted by molar-refractivity contribution is 9.10. The first-order valence-electron chi connectivity index (χ1n) is 7.06. The molecule has 0 fully saturated rings. The van der Waals surface area contributed by atoms with Crippen molar-refractivity contribution in [2.24, 2.45) is 0 Å². The molecule has 2 aliphatic heterocycles. The van der Waals surface area contributed by atoms with Gasteiger partial charge in [0.05, 0.1) is 6.61 Å². The van der Waals surface area contributed by atoms with Crippen LogP contribution in [-0.2, 0) is 19.4 Å². The van der Waals surface area contributed by atoms with Gasteiger partial charge in [-0.3, -0.25) is 0 Å². The second-order valence-electron chi connectivity index (χ2n) is 5.49. The summed E-state index contributed by atoms with van der Waals surface area (Å²) in [4.78, 5) is 0. The van der Waals surface area contributed by atoms with Crippen LogP contribution in [0.2, 0.25) is 0 Å². The summed E-state index contributed by atoms with van der Waals surface area (Å²) < 4.78 is 6.99. The molecule has 0 aromatic heterocycles. The van der Waals surface area contributed by atoms with E-state index in [1.165, 1.54) is 22.3 Å². The van der Waals surface area contributed by atoms with Crippen molar-refractivity contribution in [2.45, 2.75) is 25.4 Å². The van der Waals surface area contributed by atoms with E-state index in [-0.39, 0.29) is 0 Å². The summed E-state index contributed by atoms with van der Waals surface area (Å²) in [7, 11) is 0. The summed E-state index contributed by atoms with van der Waals surface area (Å²) in [6.07, 6.45) is 2.01. The molecule has 20 heavy (non-hydrogen) atoms. The monoisotopic (exact) mass is 329 g/mol. The van der Waals surface area contributed by atoms with Crippen molar-refractivity contribution in [3.05, 3.63) is 63.1 Å². The van der Waals surface area contributed by atoms with Gasteiger partial charge in [-0.15, -0.1) is 0 Å². The molecule has 0 aliphatic carbocycles. The van der Waals surface area contributed by atoms with Crippen molar-refractivity contribution >= 4 is 15.9 Å². The van der Waals surface area contributed by atoms with Crippen LogP contribution >= 0.6 is 15.9 Å². The lowest BCUT2D eigenvalue weighted by atomic mass is 9.97. The highest BCUT2D eigenvalue weighted by atomic mass is 79.9. The Morgan fingerprint density at radius 1 is 1.20 bits per heavy atom. The Labute approximate surface area is 127 Å². The number of benzene rings is 2. The third-order valence-electron chi connectivity index (χ3n) is 4.22. The Morgan fingerprint density at radius 3 is 3.05 bits per heavy atom. The van der Waals surface area contributed by atoms with Crippen LogP contribution in [0.4, 0.5) is 0 Å². The zero-order valence-corrected chi connectivity index (χ0v) is 12.7. The molecule has 3 heteroatoms. The van der Waals surface area contributed by atoms with Crippen molar-refractivity contribution in [1.29, 1.82) is 0 Å². The van der Waals surface area contributed by atoms with E-state index in [0.29, 0.717) is 6.04 Å². The standard InChI is InChI=1S/C17H16BrNO/c18-14-7-11-5-6-20-17(11)13(8-14)9-16-15-4-2-1-3-12(15)10-19-16/h1-4,7-8,16,19H,5-6,9-10H2. The van der Waals surface area contributed by atoms with E-state index in [1.807, 2.05) is 0 Å². The van der Waals surface area contributed by atoms with Gasteiger partial charge in [-0.1, -0.05) is 40.2 Å². The SMILES string of the molecule is Brc1cc2c(c(CC3NCc4ccccc43)c1)OCC2. The van der Waals surface area contributed by atoms with Gasteiger partial charge in [0.15, 0.2) is 0 Å². The molecule has 0 amide bonds. The third-order valence-corrected chi connectivity index (χ3v) is 4.68. The summed E-state index contributed by atoms with van der Waals surface area (Å²) in [5.41, 5.74) is 5.49. The van der Waals surface area contributed by atoms with Crippen molar-refractivity contribution in [3.63, 3.8) is 0 Å². The van der Waals surface area contributed by atoms with E-state index < -0.39 is 0 Å². The molecular formula is C17H16BrNO. The van der Waals surface area contributed by atoms with Crippen molar-refractivity contribution < 1.29 is 4.74 Å². The molecule has 0 radical (unpaired) electrons. The number of rotatable bonds is 2. The van der Waals surface area contributed by atoms with Crippen LogP contribution in [0.1, 0.15) is 28.3 Å². The first-order valence-corrected chi connectivity index (χ1v) is 7.86. The Hall–Kier alpha value is -1.32. The first-order chi connectivity index (χ1) is 9.81. The quantitative estimate of drug-likeness (QED) is 0.905. The fourth-order valence-corrected chi connectivity index (χ4v) is 3.83. The number of hydrogen-bond donors (Lipinski definition) is 1. The van der Waals surface area contributed by atoms with Gasteiger partial charge < -0.3 is 10.1 Å². The molecule has 2 nitrogen and oxygen atoms in total. The molecular weight excluding hydrogens is 314 g/mol. The zero-order valence-electron chi connectivity index (χ0n) is 11.2. The minimum atomic E-state index is 0.397. The fourth-order valence-electron chi connectivity index (χ4n) is 3.28. The smallest absolute Gasteiger partial charge is 0.125 e. The molecule has 4 rings (SSSR count). The lowest BCUT2D eigenvalue weighted by molar-refractivity contribution is 0.352. The molecule has 2 aromatic rings. The minimum Gasteiger partial charge on any atom is -0.493 e. The summed E-state index contributed by atoms with van der Waals surface area (Å²) in [5.74, 6) is 1.11. The summed E-state index contributed by atoms with van der Waals surface area (Å²) in [5, 5.41) is 3.61. The highest BCUT2D eigenvalue weighted by Gasteiger charge is 2.25. The highest BCUT2D eigenvalue weighted by Crippen LogP contribution is 2.37. The number of nitrogens with one attached hydrogen (secondary N) is 1. The first kappa shape index (κ1) is 12.4. The zero-order chi connectivity index (χ0) is 13.5. The summed E-state index contributed by atoms with van der Waals surface area (Å²) in [6, 6.07) is 13.5. The molecule has 1 atom stereocenters. The molecule has 2 heterocycles. The van der Waals surface area contributed by atoms with Gasteiger partial charge in [-0.05, 0) is 40.8 Å². The van der Waals surface area contributed by atoms with Gasteiger partial charge in [0.1, 0.15) is 5.75 Å². The molecule has 0 saturated carbocycles. The van der Waals surface area contributed by atoms with Crippen molar-refractivity contribution in [1.82, 2.24) is 5.32 Å². The summed E-state index contributed by atoms with van der Waals surface area (Å²) >= 11 is 3.62. The molecule has 2 aliphatic rings. The second-order valence-corrected chi connectivity index (χ2v) is 6.40. The summed E-state index contributed by atoms with van der Waals surface area (Å²) in [6.45, 7) is 1.78. The second kappa shape index (κ2) is 4.90. The molecule has 0 saturated heterocycles. The predicted octanol–water partition coefficient (Wildman–Crippen LogP) is 3.77. The Balaban J connectivity index is 1.68. The van der Waals surface area contributed by atoms with Gasteiger partial charge in [0.25, 0.3) is 0 Å². The molecule has 1 N–H and O–H groups in total. The molecule has 0 spiro atoms. The maximum absolute atomic E-state index is 5.83. The Kier molecular flexibility index (Phi) is 3.04. The van der Waals surface area contributed by atoms with Crippen molar-refractivity contribution in [3.8, 4) is 5.75 Å². The normalized spacial score (nSPS) is 19.6. The number of ether oxygens (including phenoxy) is 1. The average molecular weight is 330 g/mol. The topological polar surface area (TPSA) is 21.3 Å². The average Bonchev–Trinajstić information content (AvgIpc) is 3.06. The third kappa shape index (κ3) is 2.05. The largest absolute Gasteiger partial charge is 0.493 e. The van der Waals surface area contributed by atoms with E-state index in [2.05, 4.69) is 57.6 Å². The van der Waals surface area contributed by atoms with Gasteiger partial charge in [0, 0.05) is 23.5 Å². The Bertz CT molecular complexity index is 668.